The average Bonchev–Trinajstić information content (AvgIpc) is 2.77. The molecule has 0 unspecified atom stereocenters. The largest absolute Gasteiger partial charge is 0.339 e. The number of rotatable bonds is 7. The molecule has 1 saturated heterocycles. The Labute approximate surface area is 184 Å². The van der Waals surface area contributed by atoms with E-state index in [1.54, 1.807) is 12.1 Å². The molecule has 1 N–H and O–H groups in total. The van der Waals surface area contributed by atoms with Crippen molar-refractivity contribution in [2.45, 2.75) is 42.4 Å². The van der Waals surface area contributed by atoms with Crippen molar-refractivity contribution >= 4 is 27.7 Å². The highest BCUT2D eigenvalue weighted by atomic mass is 32.2. The van der Waals surface area contributed by atoms with Crippen LogP contribution >= 0.6 is 11.8 Å². The zero-order chi connectivity index (χ0) is 21.7. The van der Waals surface area contributed by atoms with Crippen LogP contribution in [0.2, 0.25) is 0 Å². The molecule has 3 rings (SSSR count). The van der Waals surface area contributed by atoms with Gasteiger partial charge in [0.15, 0.2) is 0 Å². The van der Waals surface area contributed by atoms with Gasteiger partial charge in [-0.15, -0.1) is 11.8 Å². The Kier molecular flexibility index (Phi) is 7.60. The highest BCUT2D eigenvalue weighted by molar-refractivity contribution is 7.98. The smallest absolute Gasteiger partial charge is 0.255 e. The Balaban J connectivity index is 1.78. The third-order valence-electron chi connectivity index (χ3n) is 5.73. The lowest BCUT2D eigenvalue weighted by atomic mass is 9.98. The first-order chi connectivity index (χ1) is 14.3. The maximum Gasteiger partial charge on any atom is 0.255 e. The lowest BCUT2D eigenvalue weighted by Crippen LogP contribution is -2.38. The minimum Gasteiger partial charge on any atom is -0.339 e. The fraction of sp³-hybridized carbons (Fsp3) is 0.435. The van der Waals surface area contributed by atoms with Crippen molar-refractivity contribution in [1.29, 1.82) is 0 Å². The van der Waals surface area contributed by atoms with Gasteiger partial charge in [-0.2, -0.15) is 0 Å². The van der Waals surface area contributed by atoms with Crippen LogP contribution < -0.4 is 4.72 Å². The van der Waals surface area contributed by atoms with Crippen LogP contribution in [0.15, 0.2) is 58.3 Å². The first-order valence-corrected chi connectivity index (χ1v) is 13.0. The molecule has 0 bridgehead atoms. The number of nitrogens with zero attached hydrogens (tertiary/aromatic N) is 1. The van der Waals surface area contributed by atoms with E-state index < -0.39 is 10.0 Å². The Morgan fingerprint density at radius 1 is 1.17 bits per heavy atom. The predicted octanol–water partition coefficient (Wildman–Crippen LogP) is 4.36. The molecule has 1 amide bonds. The van der Waals surface area contributed by atoms with Crippen LogP contribution in [0, 0.1) is 5.92 Å². The van der Waals surface area contributed by atoms with Gasteiger partial charge in [0, 0.05) is 24.5 Å². The quantitative estimate of drug-likeness (QED) is 0.642. The van der Waals surface area contributed by atoms with Gasteiger partial charge in [-0.25, -0.2) is 13.1 Å². The van der Waals surface area contributed by atoms with Crippen LogP contribution in [0.5, 0.6) is 0 Å². The highest BCUT2D eigenvalue weighted by Crippen LogP contribution is 2.27. The zero-order valence-electron chi connectivity index (χ0n) is 17.8. The van der Waals surface area contributed by atoms with Crippen molar-refractivity contribution in [2.24, 2.45) is 5.92 Å². The van der Waals surface area contributed by atoms with E-state index in [1.165, 1.54) is 17.8 Å². The number of carbonyl (C=O) groups excluding carboxylic acids is 1. The number of carbonyl (C=O) groups is 1. The van der Waals surface area contributed by atoms with Crippen LogP contribution in [0.25, 0.3) is 0 Å². The molecule has 1 aliphatic rings. The number of amides is 1. The fourth-order valence-electron chi connectivity index (χ4n) is 3.62. The highest BCUT2D eigenvalue weighted by Gasteiger charge is 2.25. The number of likely N-dealkylation sites (tertiary alicyclic amines) is 1. The second kappa shape index (κ2) is 9.98. The van der Waals surface area contributed by atoms with Crippen LogP contribution in [-0.2, 0) is 10.0 Å². The van der Waals surface area contributed by atoms with E-state index in [4.69, 9.17) is 0 Å². The summed E-state index contributed by atoms with van der Waals surface area (Å²) in [5, 5.41) is 0. The molecule has 1 atom stereocenters. The normalized spacial score (nSPS) is 16.4. The third kappa shape index (κ3) is 5.45. The first kappa shape index (κ1) is 22.8. The van der Waals surface area contributed by atoms with E-state index in [0.29, 0.717) is 18.0 Å². The summed E-state index contributed by atoms with van der Waals surface area (Å²) in [4.78, 5) is 15.9. The molecule has 162 valence electrons. The van der Waals surface area contributed by atoms with E-state index >= 15 is 0 Å². The Hall–Kier alpha value is -1.83. The molecule has 30 heavy (non-hydrogen) atoms. The van der Waals surface area contributed by atoms with Gasteiger partial charge in [-0.1, -0.05) is 44.2 Å². The van der Waals surface area contributed by atoms with E-state index in [-0.39, 0.29) is 16.7 Å². The van der Waals surface area contributed by atoms with Gasteiger partial charge in [0.25, 0.3) is 5.91 Å². The van der Waals surface area contributed by atoms with E-state index in [9.17, 15) is 13.2 Å². The van der Waals surface area contributed by atoms with Crippen molar-refractivity contribution in [2.75, 3.05) is 25.9 Å². The molecule has 7 heteroatoms. The summed E-state index contributed by atoms with van der Waals surface area (Å²) in [5.41, 5.74) is 1.55. The van der Waals surface area contributed by atoms with Crippen molar-refractivity contribution in [1.82, 2.24) is 9.62 Å². The zero-order valence-corrected chi connectivity index (χ0v) is 19.4. The Bertz CT molecular complexity index is 969. The standard InChI is InChI=1S/C23H30N2O3S2/c1-17-11-13-25(14-12-17)23(26)21-15-20(9-10-22(21)29-3)30(27,28)24-16-18(2)19-7-5-4-6-8-19/h4-10,15,17-18,24H,11-14,16H2,1-3H3/t18-/m0/s1. The monoisotopic (exact) mass is 446 g/mol. The van der Waals surface area contributed by atoms with Crippen LogP contribution in [0.1, 0.15) is 48.5 Å². The van der Waals surface area contributed by atoms with E-state index in [2.05, 4.69) is 11.6 Å². The number of hydrogen-bond donors (Lipinski definition) is 1. The lowest BCUT2D eigenvalue weighted by molar-refractivity contribution is 0.0693. The third-order valence-corrected chi connectivity index (χ3v) is 7.95. The van der Waals surface area contributed by atoms with E-state index in [0.717, 1.165) is 36.4 Å². The summed E-state index contributed by atoms with van der Waals surface area (Å²) in [5.74, 6) is 0.584. The second-order valence-corrected chi connectivity index (χ2v) is 10.6. The predicted molar refractivity (Wildman–Crippen MR) is 123 cm³/mol. The maximum absolute atomic E-state index is 13.1. The molecule has 0 spiro atoms. The van der Waals surface area contributed by atoms with Gasteiger partial charge in [0.2, 0.25) is 10.0 Å². The molecule has 2 aromatic carbocycles. The number of benzene rings is 2. The second-order valence-electron chi connectivity index (χ2n) is 8.00. The van der Waals surface area contributed by atoms with Gasteiger partial charge in [-0.3, -0.25) is 4.79 Å². The topological polar surface area (TPSA) is 66.5 Å². The average molecular weight is 447 g/mol. The van der Waals surface area contributed by atoms with Crippen molar-refractivity contribution in [3.8, 4) is 0 Å². The summed E-state index contributed by atoms with van der Waals surface area (Å²) >= 11 is 1.46. The van der Waals surface area contributed by atoms with Gasteiger partial charge < -0.3 is 4.90 Å². The van der Waals surface area contributed by atoms with Crippen molar-refractivity contribution in [3.63, 3.8) is 0 Å². The van der Waals surface area contributed by atoms with E-state index in [1.807, 2.05) is 48.4 Å². The molecular weight excluding hydrogens is 416 g/mol. The summed E-state index contributed by atoms with van der Waals surface area (Å²) < 4.78 is 28.5. The van der Waals surface area contributed by atoms with Gasteiger partial charge in [-0.05, 0) is 54.7 Å². The Morgan fingerprint density at radius 3 is 2.47 bits per heavy atom. The molecular formula is C23H30N2O3S2. The lowest BCUT2D eigenvalue weighted by Gasteiger charge is -2.30. The van der Waals surface area contributed by atoms with Crippen molar-refractivity contribution < 1.29 is 13.2 Å². The summed E-state index contributed by atoms with van der Waals surface area (Å²) in [6, 6.07) is 14.7. The molecule has 0 saturated carbocycles. The molecule has 1 fully saturated rings. The van der Waals surface area contributed by atoms with Gasteiger partial charge >= 0.3 is 0 Å². The molecule has 1 heterocycles. The van der Waals surface area contributed by atoms with Crippen LogP contribution in [0.4, 0.5) is 0 Å². The number of thioether (sulfide) groups is 1. The van der Waals surface area contributed by atoms with Gasteiger partial charge in [0.1, 0.15) is 0 Å². The summed E-state index contributed by atoms with van der Waals surface area (Å²) in [7, 11) is -3.71. The molecule has 2 aromatic rings. The number of sulfonamides is 1. The number of hydrogen-bond acceptors (Lipinski definition) is 4. The molecule has 0 aliphatic carbocycles. The summed E-state index contributed by atoms with van der Waals surface area (Å²) in [6.07, 6.45) is 3.87. The Morgan fingerprint density at radius 2 is 1.83 bits per heavy atom. The number of nitrogens with one attached hydrogen (secondary N) is 1. The molecule has 1 aliphatic heterocycles. The van der Waals surface area contributed by atoms with Gasteiger partial charge in [0.05, 0.1) is 10.5 Å². The molecule has 5 nitrogen and oxygen atoms in total. The summed E-state index contributed by atoms with van der Waals surface area (Å²) in [6.45, 7) is 5.92. The minimum atomic E-state index is -3.71. The van der Waals surface area contributed by atoms with Crippen molar-refractivity contribution in [3.05, 3.63) is 59.7 Å². The SMILES string of the molecule is CSc1ccc(S(=O)(=O)NC[C@H](C)c2ccccc2)cc1C(=O)N1CCC(C)CC1. The van der Waals surface area contributed by atoms with Crippen LogP contribution in [-0.4, -0.2) is 45.1 Å². The molecule has 0 radical (unpaired) electrons. The first-order valence-electron chi connectivity index (χ1n) is 10.3. The maximum atomic E-state index is 13.1. The molecule has 0 aromatic heterocycles. The minimum absolute atomic E-state index is 0.0443. The van der Waals surface area contributed by atoms with Crippen LogP contribution in [0.3, 0.4) is 0 Å². The fourth-order valence-corrected chi connectivity index (χ4v) is 5.35. The number of piperidine rings is 1.